The summed E-state index contributed by atoms with van der Waals surface area (Å²) in [5.74, 6) is 0.00724. The highest BCUT2D eigenvalue weighted by Gasteiger charge is 2.26. The molecule has 3 aromatic rings. The number of anilines is 1. The summed E-state index contributed by atoms with van der Waals surface area (Å²) in [5, 5.41) is 10.0. The highest BCUT2D eigenvalue weighted by molar-refractivity contribution is 7.15. The van der Waals surface area contributed by atoms with Crippen molar-refractivity contribution in [2.24, 2.45) is 0 Å². The van der Waals surface area contributed by atoms with Gasteiger partial charge in [0.25, 0.3) is 0 Å². The van der Waals surface area contributed by atoms with Gasteiger partial charge in [-0.15, -0.1) is 11.3 Å². The Labute approximate surface area is 183 Å². The molecule has 0 unspecified atom stereocenters. The Balaban J connectivity index is 1.38. The van der Waals surface area contributed by atoms with Gasteiger partial charge in [-0.1, -0.05) is 0 Å². The first kappa shape index (κ1) is 21.3. The van der Waals surface area contributed by atoms with Crippen LogP contribution in [0.1, 0.15) is 37.3 Å². The number of carbonyl (C=O) groups is 1. The minimum atomic E-state index is -0.784. The van der Waals surface area contributed by atoms with Crippen molar-refractivity contribution in [3.05, 3.63) is 53.3 Å². The predicted octanol–water partition coefficient (Wildman–Crippen LogP) is 2.85. The van der Waals surface area contributed by atoms with Crippen LogP contribution in [0.15, 0.2) is 36.9 Å². The van der Waals surface area contributed by atoms with E-state index in [1.165, 1.54) is 17.4 Å². The zero-order valence-electron chi connectivity index (χ0n) is 17.4. The van der Waals surface area contributed by atoms with Gasteiger partial charge in [0.05, 0.1) is 18.1 Å². The fourth-order valence-electron chi connectivity index (χ4n) is 3.42. The number of aromatic nitrogens is 4. The van der Waals surface area contributed by atoms with E-state index in [-0.39, 0.29) is 17.8 Å². The molecule has 0 aliphatic carbocycles. The first-order valence-corrected chi connectivity index (χ1v) is 10.9. The van der Waals surface area contributed by atoms with E-state index in [0.29, 0.717) is 18.2 Å². The van der Waals surface area contributed by atoms with Crippen LogP contribution in [-0.4, -0.2) is 38.4 Å². The maximum atomic E-state index is 14.1. The molecule has 1 fully saturated rings. The van der Waals surface area contributed by atoms with Crippen LogP contribution in [0.4, 0.5) is 10.3 Å². The number of amides is 1. The Hall–Kier alpha value is -2.98. The van der Waals surface area contributed by atoms with Gasteiger partial charge in [-0.05, 0) is 45.4 Å². The summed E-state index contributed by atoms with van der Waals surface area (Å²) in [6, 6.07) is 2.84. The molecule has 1 aliphatic rings. The van der Waals surface area contributed by atoms with E-state index >= 15 is 0 Å². The van der Waals surface area contributed by atoms with E-state index in [1.807, 2.05) is 13.8 Å². The van der Waals surface area contributed by atoms with E-state index in [9.17, 15) is 9.18 Å². The Kier molecular flexibility index (Phi) is 6.19. The van der Waals surface area contributed by atoms with Crippen LogP contribution in [0.5, 0.6) is 0 Å². The second-order valence-corrected chi connectivity index (χ2v) is 8.99. The number of carbonyl (C=O) groups excluding carboxylic acids is 1. The number of rotatable bonds is 7. The van der Waals surface area contributed by atoms with Crippen molar-refractivity contribution in [1.29, 1.82) is 0 Å². The smallest absolute Gasteiger partial charge is 0.237 e. The molecule has 10 heteroatoms. The van der Waals surface area contributed by atoms with Crippen LogP contribution in [0.25, 0.3) is 10.6 Å². The van der Waals surface area contributed by atoms with E-state index in [4.69, 9.17) is 0 Å². The summed E-state index contributed by atoms with van der Waals surface area (Å²) in [6.45, 7) is 4.97. The second kappa shape index (κ2) is 9.03. The number of nitrogens with one attached hydrogen (secondary N) is 3. The molecular formula is C21H24FN7OS. The molecule has 31 heavy (non-hydrogen) atoms. The van der Waals surface area contributed by atoms with E-state index in [2.05, 4.69) is 35.9 Å². The summed E-state index contributed by atoms with van der Waals surface area (Å²) in [6.07, 6.45) is 8.55. The Morgan fingerprint density at radius 2 is 2.06 bits per heavy atom. The fraction of sp³-hybridized carbons (Fsp3) is 0.381. The molecule has 0 saturated carbocycles. The largest absolute Gasteiger partial charge is 0.350 e. The Morgan fingerprint density at radius 3 is 2.77 bits per heavy atom. The number of hydrogen-bond donors (Lipinski definition) is 3. The maximum Gasteiger partial charge on any atom is 0.237 e. The first-order chi connectivity index (χ1) is 14.9. The second-order valence-electron chi connectivity index (χ2n) is 7.88. The number of halogens is 1. The van der Waals surface area contributed by atoms with Gasteiger partial charge < -0.3 is 16.0 Å². The molecule has 0 aromatic carbocycles. The molecule has 1 atom stereocenters. The molecule has 3 aromatic heterocycles. The van der Waals surface area contributed by atoms with Crippen molar-refractivity contribution in [1.82, 2.24) is 30.6 Å². The molecular weight excluding hydrogens is 417 g/mol. The summed E-state index contributed by atoms with van der Waals surface area (Å²) in [7, 11) is 0. The fourth-order valence-corrected chi connectivity index (χ4v) is 4.24. The van der Waals surface area contributed by atoms with E-state index in [0.717, 1.165) is 34.8 Å². The van der Waals surface area contributed by atoms with Crippen molar-refractivity contribution in [2.75, 3.05) is 11.9 Å². The third-order valence-corrected chi connectivity index (χ3v) is 6.09. The van der Waals surface area contributed by atoms with E-state index < -0.39 is 5.54 Å². The summed E-state index contributed by atoms with van der Waals surface area (Å²) >= 11 is 1.48. The Morgan fingerprint density at radius 1 is 1.26 bits per heavy atom. The Bertz CT molecular complexity index is 1050. The molecule has 1 aliphatic heterocycles. The highest BCUT2D eigenvalue weighted by atomic mass is 32.1. The van der Waals surface area contributed by atoms with Crippen LogP contribution < -0.4 is 16.0 Å². The van der Waals surface area contributed by atoms with Crippen molar-refractivity contribution >= 4 is 23.2 Å². The van der Waals surface area contributed by atoms with Crippen LogP contribution in [0, 0.1) is 5.82 Å². The van der Waals surface area contributed by atoms with Crippen LogP contribution in [0.3, 0.4) is 0 Å². The molecule has 3 N–H and O–H groups in total. The van der Waals surface area contributed by atoms with Crippen LogP contribution in [-0.2, 0) is 16.9 Å². The summed E-state index contributed by atoms with van der Waals surface area (Å²) < 4.78 is 14.1. The minimum Gasteiger partial charge on any atom is -0.350 e. The van der Waals surface area contributed by atoms with Gasteiger partial charge in [-0.3, -0.25) is 9.78 Å². The van der Waals surface area contributed by atoms with Gasteiger partial charge in [0.2, 0.25) is 11.9 Å². The number of pyridine rings is 1. The predicted molar refractivity (Wildman–Crippen MR) is 117 cm³/mol. The van der Waals surface area contributed by atoms with Crippen molar-refractivity contribution < 1.29 is 9.18 Å². The molecule has 0 radical (unpaired) electrons. The zero-order valence-corrected chi connectivity index (χ0v) is 18.2. The lowest BCUT2D eigenvalue weighted by Crippen LogP contribution is -2.39. The number of nitrogens with zero attached hydrogens (tertiary/aromatic N) is 4. The molecule has 8 nitrogen and oxygen atoms in total. The normalized spacial score (nSPS) is 16.3. The third-order valence-electron chi connectivity index (χ3n) is 5.04. The average Bonchev–Trinajstić information content (AvgIpc) is 3.45. The van der Waals surface area contributed by atoms with Gasteiger partial charge in [-0.2, -0.15) is 0 Å². The first-order valence-electron chi connectivity index (χ1n) is 10.1. The molecule has 0 spiro atoms. The molecule has 4 rings (SSSR count). The lowest BCUT2D eigenvalue weighted by molar-refractivity contribution is -0.122. The third kappa shape index (κ3) is 5.02. The van der Waals surface area contributed by atoms with Crippen LogP contribution >= 0.6 is 11.3 Å². The maximum absolute atomic E-state index is 14.1. The van der Waals surface area contributed by atoms with Gasteiger partial charge in [-0.25, -0.2) is 19.3 Å². The summed E-state index contributed by atoms with van der Waals surface area (Å²) in [5.41, 5.74) is 0.280. The van der Waals surface area contributed by atoms with Crippen molar-refractivity contribution in [3.63, 3.8) is 0 Å². The van der Waals surface area contributed by atoms with Gasteiger partial charge in [0.1, 0.15) is 16.5 Å². The minimum absolute atomic E-state index is 0.0261. The summed E-state index contributed by atoms with van der Waals surface area (Å²) in [4.78, 5) is 30.3. The molecule has 0 bridgehead atoms. The van der Waals surface area contributed by atoms with Gasteiger partial charge >= 0.3 is 0 Å². The quantitative estimate of drug-likeness (QED) is 0.518. The van der Waals surface area contributed by atoms with Crippen molar-refractivity contribution in [2.45, 2.75) is 44.8 Å². The van der Waals surface area contributed by atoms with Gasteiger partial charge in [0, 0.05) is 35.2 Å². The van der Waals surface area contributed by atoms with Crippen LogP contribution in [0.2, 0.25) is 0 Å². The molecule has 162 valence electrons. The topological polar surface area (TPSA) is 105 Å². The standard InChI is InChI=1S/C21H24FN7OS/c1-21(2,17-15(22)5-3-8-24-17)29-20-27-9-13(10-28-20)19-26-12-14(31-19)11-25-18(30)16-6-4-7-23-16/h3,5,8-10,12,16,23H,4,6-7,11H2,1-2H3,(H,25,30)(H,27,28,29)/t16-/m0/s1. The van der Waals surface area contributed by atoms with Crippen molar-refractivity contribution in [3.8, 4) is 10.6 Å². The average molecular weight is 442 g/mol. The monoisotopic (exact) mass is 441 g/mol. The highest BCUT2D eigenvalue weighted by Crippen LogP contribution is 2.27. The number of hydrogen-bond acceptors (Lipinski definition) is 8. The molecule has 4 heterocycles. The lowest BCUT2D eigenvalue weighted by atomic mass is 9.99. The zero-order chi connectivity index (χ0) is 21.8. The van der Waals surface area contributed by atoms with Gasteiger partial charge in [0.15, 0.2) is 0 Å². The van der Waals surface area contributed by atoms with E-state index in [1.54, 1.807) is 30.9 Å². The molecule has 1 saturated heterocycles. The SMILES string of the molecule is CC(C)(Nc1ncc(-c2ncc(CNC(=O)[C@@H]3CCCN3)s2)cn1)c1ncccc1F. The number of thiazole rings is 1. The lowest BCUT2D eigenvalue weighted by Gasteiger charge is -2.25. The molecule has 1 amide bonds.